The second kappa shape index (κ2) is 10.9. The van der Waals surface area contributed by atoms with E-state index < -0.39 is 0 Å². The largest absolute Gasteiger partial charge is 0.493 e. The Hall–Kier alpha value is -2.25. The molecule has 0 unspecified atom stereocenters. The number of halogens is 1. The molecule has 2 aromatic rings. The Bertz CT molecular complexity index is 844. The standard InChI is InChI=1S/C23H34ClN5O2/c1-17(2)16-31-20-7-5-18(6-8-20)13-29(15-22-21(24)14-28(4)26-22)23(30)25-19-9-11-27(3)12-10-19/h5-8,14,17,19H,9-13,15-16H2,1-4H3,(H,25,30). The lowest BCUT2D eigenvalue weighted by molar-refractivity contribution is 0.175. The zero-order valence-electron chi connectivity index (χ0n) is 19.0. The van der Waals surface area contributed by atoms with Crippen molar-refractivity contribution in [2.75, 3.05) is 26.7 Å². The minimum atomic E-state index is -0.0867. The van der Waals surface area contributed by atoms with E-state index in [1.807, 2.05) is 31.3 Å². The van der Waals surface area contributed by atoms with Gasteiger partial charge >= 0.3 is 6.03 Å². The molecule has 1 aliphatic rings. The van der Waals surface area contributed by atoms with E-state index in [0.717, 1.165) is 37.2 Å². The number of carbonyl (C=O) groups excluding carboxylic acids is 1. The minimum absolute atomic E-state index is 0.0867. The van der Waals surface area contributed by atoms with Gasteiger partial charge in [-0.3, -0.25) is 4.68 Å². The third kappa shape index (κ3) is 7.14. The maximum absolute atomic E-state index is 13.2. The Labute approximate surface area is 190 Å². The topological polar surface area (TPSA) is 62.6 Å². The molecule has 0 bridgehead atoms. The molecule has 1 saturated heterocycles. The molecular formula is C23H34ClN5O2. The molecule has 0 spiro atoms. The van der Waals surface area contributed by atoms with Gasteiger partial charge in [0.2, 0.25) is 0 Å². The molecule has 1 fully saturated rings. The lowest BCUT2D eigenvalue weighted by Gasteiger charge is -2.31. The van der Waals surface area contributed by atoms with Crippen LogP contribution in [-0.2, 0) is 20.1 Å². The lowest BCUT2D eigenvalue weighted by atomic mass is 10.1. The SMILES string of the molecule is CC(C)COc1ccc(CN(Cc2nn(C)cc2Cl)C(=O)NC2CCN(C)CC2)cc1. The Kier molecular flexibility index (Phi) is 8.21. The number of likely N-dealkylation sites (tertiary alicyclic amines) is 1. The fourth-order valence-corrected chi connectivity index (χ4v) is 3.83. The van der Waals surface area contributed by atoms with Crippen LogP contribution in [0.2, 0.25) is 5.02 Å². The quantitative estimate of drug-likeness (QED) is 0.666. The number of nitrogens with one attached hydrogen (secondary N) is 1. The maximum Gasteiger partial charge on any atom is 0.318 e. The van der Waals surface area contributed by atoms with Gasteiger partial charge in [-0.1, -0.05) is 37.6 Å². The number of piperidine rings is 1. The first kappa shape index (κ1) is 23.4. The summed E-state index contributed by atoms with van der Waals surface area (Å²) in [5.41, 5.74) is 1.72. The van der Waals surface area contributed by atoms with Gasteiger partial charge in [0, 0.05) is 25.8 Å². The summed E-state index contributed by atoms with van der Waals surface area (Å²) in [6, 6.07) is 8.03. The van der Waals surface area contributed by atoms with Gasteiger partial charge in [0.1, 0.15) is 11.4 Å². The number of nitrogens with zero attached hydrogens (tertiary/aromatic N) is 4. The summed E-state index contributed by atoms with van der Waals surface area (Å²) >= 11 is 6.32. The number of benzene rings is 1. The smallest absolute Gasteiger partial charge is 0.318 e. The Morgan fingerprint density at radius 3 is 2.48 bits per heavy atom. The highest BCUT2D eigenvalue weighted by Crippen LogP contribution is 2.19. The van der Waals surface area contributed by atoms with Crippen molar-refractivity contribution in [1.29, 1.82) is 0 Å². The molecule has 170 valence electrons. The van der Waals surface area contributed by atoms with Crippen molar-refractivity contribution in [2.45, 2.75) is 45.8 Å². The highest BCUT2D eigenvalue weighted by Gasteiger charge is 2.23. The lowest BCUT2D eigenvalue weighted by Crippen LogP contribution is -2.48. The normalized spacial score (nSPS) is 15.3. The van der Waals surface area contributed by atoms with Gasteiger partial charge in [-0.25, -0.2) is 4.79 Å². The summed E-state index contributed by atoms with van der Waals surface area (Å²) in [6.07, 6.45) is 3.68. The molecule has 3 rings (SSSR count). The average molecular weight is 448 g/mol. The predicted molar refractivity (Wildman–Crippen MR) is 123 cm³/mol. The summed E-state index contributed by atoms with van der Waals surface area (Å²) < 4.78 is 7.44. The van der Waals surface area contributed by atoms with Crippen LogP contribution in [0, 0.1) is 5.92 Å². The van der Waals surface area contributed by atoms with Crippen LogP contribution in [0.25, 0.3) is 0 Å². The molecule has 7 nitrogen and oxygen atoms in total. The second-order valence-corrected chi connectivity index (χ2v) is 9.24. The van der Waals surface area contributed by atoms with Gasteiger partial charge in [-0.2, -0.15) is 5.10 Å². The average Bonchev–Trinajstić information content (AvgIpc) is 3.05. The Morgan fingerprint density at radius 2 is 1.90 bits per heavy atom. The molecule has 1 aromatic carbocycles. The highest BCUT2D eigenvalue weighted by molar-refractivity contribution is 6.31. The van der Waals surface area contributed by atoms with Crippen LogP contribution >= 0.6 is 11.6 Å². The number of aromatic nitrogens is 2. The van der Waals surface area contributed by atoms with Crippen LogP contribution in [0.15, 0.2) is 30.5 Å². The first-order valence-corrected chi connectivity index (χ1v) is 11.3. The molecule has 8 heteroatoms. The molecule has 0 radical (unpaired) electrons. The number of urea groups is 1. The number of rotatable bonds is 8. The number of amides is 2. The molecule has 1 aliphatic heterocycles. The van der Waals surface area contributed by atoms with Crippen molar-refractivity contribution in [2.24, 2.45) is 13.0 Å². The highest BCUT2D eigenvalue weighted by atomic mass is 35.5. The van der Waals surface area contributed by atoms with E-state index in [0.29, 0.717) is 36.3 Å². The molecule has 2 heterocycles. The molecule has 1 aromatic heterocycles. The van der Waals surface area contributed by atoms with Gasteiger partial charge in [0.15, 0.2) is 0 Å². The van der Waals surface area contributed by atoms with Crippen LogP contribution < -0.4 is 10.1 Å². The van der Waals surface area contributed by atoms with Gasteiger partial charge in [-0.15, -0.1) is 0 Å². The van der Waals surface area contributed by atoms with E-state index in [-0.39, 0.29) is 12.1 Å². The molecule has 0 atom stereocenters. The van der Waals surface area contributed by atoms with Crippen molar-refractivity contribution in [3.05, 3.63) is 46.7 Å². The van der Waals surface area contributed by atoms with Gasteiger partial charge in [-0.05, 0) is 56.6 Å². The summed E-state index contributed by atoms with van der Waals surface area (Å²) in [5, 5.41) is 8.20. The van der Waals surface area contributed by atoms with E-state index in [1.165, 1.54) is 0 Å². The fourth-order valence-electron chi connectivity index (χ4n) is 3.59. The molecule has 31 heavy (non-hydrogen) atoms. The molecule has 0 aliphatic carbocycles. The number of ether oxygens (including phenoxy) is 1. The second-order valence-electron chi connectivity index (χ2n) is 8.83. The zero-order chi connectivity index (χ0) is 22.4. The van der Waals surface area contributed by atoms with Crippen LogP contribution in [0.5, 0.6) is 5.75 Å². The van der Waals surface area contributed by atoms with Crippen molar-refractivity contribution >= 4 is 17.6 Å². The van der Waals surface area contributed by atoms with Crippen molar-refractivity contribution < 1.29 is 9.53 Å². The molecule has 2 amide bonds. The van der Waals surface area contributed by atoms with E-state index >= 15 is 0 Å². The van der Waals surface area contributed by atoms with Crippen LogP contribution in [0.1, 0.15) is 37.9 Å². The number of hydrogen-bond acceptors (Lipinski definition) is 4. The number of aryl methyl sites for hydroxylation is 1. The van der Waals surface area contributed by atoms with Crippen molar-refractivity contribution in [1.82, 2.24) is 24.9 Å². The van der Waals surface area contributed by atoms with Crippen LogP contribution in [-0.4, -0.2) is 58.4 Å². The van der Waals surface area contributed by atoms with Crippen LogP contribution in [0.4, 0.5) is 4.79 Å². The first-order valence-electron chi connectivity index (χ1n) is 10.9. The minimum Gasteiger partial charge on any atom is -0.493 e. The van der Waals surface area contributed by atoms with Crippen molar-refractivity contribution in [3.63, 3.8) is 0 Å². The van der Waals surface area contributed by atoms with Gasteiger partial charge < -0.3 is 19.9 Å². The summed E-state index contributed by atoms with van der Waals surface area (Å²) in [6.45, 7) is 7.74. The van der Waals surface area contributed by atoms with Crippen LogP contribution in [0.3, 0.4) is 0 Å². The number of carbonyl (C=O) groups is 1. The third-order valence-corrected chi connectivity index (χ3v) is 5.72. The Morgan fingerprint density at radius 1 is 1.23 bits per heavy atom. The third-order valence-electron chi connectivity index (χ3n) is 5.41. The predicted octanol–water partition coefficient (Wildman–Crippen LogP) is 3.91. The zero-order valence-corrected chi connectivity index (χ0v) is 19.7. The summed E-state index contributed by atoms with van der Waals surface area (Å²) in [4.78, 5) is 17.2. The van der Waals surface area contributed by atoms with E-state index in [4.69, 9.17) is 16.3 Å². The first-order chi connectivity index (χ1) is 14.8. The van der Waals surface area contributed by atoms with E-state index in [9.17, 15) is 4.79 Å². The van der Waals surface area contributed by atoms with Crippen molar-refractivity contribution in [3.8, 4) is 5.75 Å². The molecular weight excluding hydrogens is 414 g/mol. The van der Waals surface area contributed by atoms with E-state index in [2.05, 4.69) is 36.2 Å². The number of hydrogen-bond donors (Lipinski definition) is 1. The van der Waals surface area contributed by atoms with Gasteiger partial charge in [0.05, 0.1) is 18.2 Å². The molecule has 0 saturated carbocycles. The maximum atomic E-state index is 13.2. The molecule has 1 N–H and O–H groups in total. The summed E-state index contributed by atoms with van der Waals surface area (Å²) in [7, 11) is 3.94. The van der Waals surface area contributed by atoms with Gasteiger partial charge in [0.25, 0.3) is 0 Å². The Balaban J connectivity index is 1.69. The monoisotopic (exact) mass is 447 g/mol. The fraction of sp³-hybridized carbons (Fsp3) is 0.565. The van der Waals surface area contributed by atoms with E-state index in [1.54, 1.807) is 15.8 Å². The summed E-state index contributed by atoms with van der Waals surface area (Å²) in [5.74, 6) is 1.31.